The summed E-state index contributed by atoms with van der Waals surface area (Å²) in [6.07, 6.45) is 0. The Morgan fingerprint density at radius 2 is 1.95 bits per heavy atom. The van der Waals surface area contributed by atoms with Crippen molar-refractivity contribution in [3.05, 3.63) is 29.8 Å². The molecule has 1 aromatic carbocycles. The predicted octanol–water partition coefficient (Wildman–Crippen LogP) is 2.97. The average Bonchev–Trinajstić information content (AvgIpc) is 2.36. The molecule has 2 atom stereocenters. The van der Waals surface area contributed by atoms with Crippen LogP contribution in [-0.4, -0.2) is 23.6 Å². The van der Waals surface area contributed by atoms with Gasteiger partial charge in [0.1, 0.15) is 0 Å². The van der Waals surface area contributed by atoms with E-state index >= 15 is 0 Å². The largest absolute Gasteiger partial charge is 0.351 e. The van der Waals surface area contributed by atoms with Gasteiger partial charge in [0, 0.05) is 23.5 Å². The van der Waals surface area contributed by atoms with Crippen LogP contribution in [0, 0.1) is 0 Å². The van der Waals surface area contributed by atoms with Crippen molar-refractivity contribution in [1.29, 1.82) is 0 Å². The molecule has 0 saturated heterocycles. The molecule has 0 aliphatic rings. The highest BCUT2D eigenvalue weighted by Crippen LogP contribution is 2.17. The van der Waals surface area contributed by atoms with Crippen molar-refractivity contribution >= 4 is 23.5 Å². The Hall–Kier alpha value is -1.20. The van der Waals surface area contributed by atoms with Gasteiger partial charge in [-0.1, -0.05) is 19.1 Å². The summed E-state index contributed by atoms with van der Waals surface area (Å²) in [5.74, 6) is 2.26. The Morgan fingerprint density at radius 1 is 1.32 bits per heavy atom. The lowest BCUT2D eigenvalue weighted by molar-refractivity contribution is 0.259. The Bertz CT molecular complexity index is 394. The zero-order valence-electron chi connectivity index (χ0n) is 11.8. The third-order valence-electron chi connectivity index (χ3n) is 2.78. The number of nitrogens with one attached hydrogen (secondary N) is 2. The van der Waals surface area contributed by atoms with Gasteiger partial charge in [-0.15, -0.1) is 0 Å². The summed E-state index contributed by atoms with van der Waals surface area (Å²) >= 11 is 1.94. The minimum Gasteiger partial charge on any atom is -0.351 e. The van der Waals surface area contributed by atoms with Crippen molar-refractivity contribution in [2.75, 3.05) is 16.8 Å². The molecule has 0 heterocycles. The van der Waals surface area contributed by atoms with E-state index in [2.05, 4.69) is 31.4 Å². The standard InChI is InChI=1S/C14H23N3OS/c1-4-19-9-10(2)16-11(3)12-5-7-13(8-6-12)17-14(15)18/h5-8,10-11,16H,4,9H2,1-3H3,(H3,15,17,18). The molecule has 4 nitrogen and oxygen atoms in total. The van der Waals surface area contributed by atoms with E-state index in [9.17, 15) is 4.79 Å². The van der Waals surface area contributed by atoms with Crippen LogP contribution in [0.1, 0.15) is 32.4 Å². The molecule has 5 heteroatoms. The number of nitrogens with two attached hydrogens (primary N) is 1. The number of primary amides is 1. The van der Waals surface area contributed by atoms with Gasteiger partial charge in [0.05, 0.1) is 0 Å². The molecule has 1 aromatic rings. The van der Waals surface area contributed by atoms with E-state index < -0.39 is 6.03 Å². The number of amides is 2. The van der Waals surface area contributed by atoms with E-state index in [0.717, 1.165) is 17.2 Å². The first-order chi connectivity index (χ1) is 9.02. The lowest BCUT2D eigenvalue weighted by Gasteiger charge is -2.20. The second kappa shape index (κ2) is 8.07. The van der Waals surface area contributed by atoms with Gasteiger partial charge in [-0.2, -0.15) is 11.8 Å². The van der Waals surface area contributed by atoms with E-state index in [1.54, 1.807) is 0 Å². The quantitative estimate of drug-likeness (QED) is 0.720. The molecule has 0 fully saturated rings. The normalized spacial score (nSPS) is 13.8. The second-order valence-electron chi connectivity index (χ2n) is 4.56. The van der Waals surface area contributed by atoms with Gasteiger partial charge < -0.3 is 16.4 Å². The number of urea groups is 1. The highest BCUT2D eigenvalue weighted by Gasteiger charge is 2.09. The SMILES string of the molecule is CCSCC(C)NC(C)c1ccc(NC(N)=O)cc1. The lowest BCUT2D eigenvalue weighted by atomic mass is 10.1. The molecule has 0 saturated carbocycles. The number of hydrogen-bond acceptors (Lipinski definition) is 3. The third kappa shape index (κ3) is 5.98. The van der Waals surface area contributed by atoms with Gasteiger partial charge in [-0.05, 0) is 37.3 Å². The number of carbonyl (C=O) groups is 1. The molecule has 0 bridgehead atoms. The molecule has 19 heavy (non-hydrogen) atoms. The van der Waals surface area contributed by atoms with Gasteiger partial charge in [0.15, 0.2) is 0 Å². The lowest BCUT2D eigenvalue weighted by Crippen LogP contribution is -2.30. The topological polar surface area (TPSA) is 67.2 Å². The first-order valence-corrected chi connectivity index (χ1v) is 7.68. The molecule has 0 spiro atoms. The summed E-state index contributed by atoms with van der Waals surface area (Å²) < 4.78 is 0. The number of rotatable bonds is 7. The zero-order valence-corrected chi connectivity index (χ0v) is 12.6. The van der Waals surface area contributed by atoms with Crippen LogP contribution in [0.4, 0.5) is 10.5 Å². The van der Waals surface area contributed by atoms with Crippen LogP contribution >= 0.6 is 11.8 Å². The first kappa shape index (κ1) is 15.9. The van der Waals surface area contributed by atoms with Crippen LogP contribution in [0.2, 0.25) is 0 Å². The Labute approximate surface area is 119 Å². The summed E-state index contributed by atoms with van der Waals surface area (Å²) in [6, 6.07) is 7.96. The summed E-state index contributed by atoms with van der Waals surface area (Å²) in [4.78, 5) is 10.7. The molecule has 2 amide bonds. The van der Waals surface area contributed by atoms with Crippen molar-refractivity contribution in [2.45, 2.75) is 32.9 Å². The predicted molar refractivity (Wildman–Crippen MR) is 83.7 cm³/mol. The van der Waals surface area contributed by atoms with Crippen molar-refractivity contribution in [3.63, 3.8) is 0 Å². The Balaban J connectivity index is 2.52. The fourth-order valence-corrected chi connectivity index (χ4v) is 2.55. The van der Waals surface area contributed by atoms with Crippen LogP contribution in [-0.2, 0) is 0 Å². The number of hydrogen-bond donors (Lipinski definition) is 3. The average molecular weight is 281 g/mol. The molecule has 0 aromatic heterocycles. The monoisotopic (exact) mass is 281 g/mol. The molecule has 0 radical (unpaired) electrons. The van der Waals surface area contributed by atoms with Crippen LogP contribution in [0.3, 0.4) is 0 Å². The third-order valence-corrected chi connectivity index (χ3v) is 3.93. The minimum atomic E-state index is -0.538. The van der Waals surface area contributed by atoms with Crippen molar-refractivity contribution < 1.29 is 4.79 Å². The highest BCUT2D eigenvalue weighted by molar-refractivity contribution is 7.99. The van der Waals surface area contributed by atoms with Gasteiger partial charge in [0.2, 0.25) is 0 Å². The molecule has 0 aliphatic carbocycles. The van der Waals surface area contributed by atoms with Gasteiger partial charge >= 0.3 is 6.03 Å². The van der Waals surface area contributed by atoms with E-state index in [0.29, 0.717) is 6.04 Å². The maximum absolute atomic E-state index is 10.7. The summed E-state index contributed by atoms with van der Waals surface area (Å²) in [7, 11) is 0. The summed E-state index contributed by atoms with van der Waals surface area (Å²) in [5, 5.41) is 6.11. The van der Waals surface area contributed by atoms with Crippen LogP contribution in [0.15, 0.2) is 24.3 Å². The molecule has 0 aliphatic heterocycles. The maximum Gasteiger partial charge on any atom is 0.316 e. The number of anilines is 1. The minimum absolute atomic E-state index is 0.287. The highest BCUT2D eigenvalue weighted by atomic mass is 32.2. The van der Waals surface area contributed by atoms with Gasteiger partial charge in [0.25, 0.3) is 0 Å². The zero-order chi connectivity index (χ0) is 14.3. The van der Waals surface area contributed by atoms with E-state index in [4.69, 9.17) is 5.73 Å². The van der Waals surface area contributed by atoms with Crippen molar-refractivity contribution in [1.82, 2.24) is 5.32 Å². The first-order valence-electron chi connectivity index (χ1n) is 6.53. The second-order valence-corrected chi connectivity index (χ2v) is 5.88. The van der Waals surface area contributed by atoms with Crippen molar-refractivity contribution in [3.8, 4) is 0 Å². The van der Waals surface area contributed by atoms with Crippen LogP contribution in [0.25, 0.3) is 0 Å². The van der Waals surface area contributed by atoms with Crippen LogP contribution < -0.4 is 16.4 Å². The fourth-order valence-electron chi connectivity index (χ4n) is 1.86. The number of benzene rings is 1. The Kier molecular flexibility index (Phi) is 6.73. The maximum atomic E-state index is 10.7. The van der Waals surface area contributed by atoms with Gasteiger partial charge in [-0.3, -0.25) is 0 Å². The smallest absolute Gasteiger partial charge is 0.316 e. The Morgan fingerprint density at radius 3 is 2.47 bits per heavy atom. The summed E-state index contributed by atoms with van der Waals surface area (Å²) in [5.41, 5.74) is 6.99. The van der Waals surface area contributed by atoms with E-state index in [1.807, 2.05) is 36.0 Å². The van der Waals surface area contributed by atoms with Gasteiger partial charge in [-0.25, -0.2) is 4.79 Å². The van der Waals surface area contributed by atoms with E-state index in [-0.39, 0.29) is 6.04 Å². The molecule has 4 N–H and O–H groups in total. The molecule has 2 unspecified atom stereocenters. The van der Waals surface area contributed by atoms with Crippen molar-refractivity contribution in [2.24, 2.45) is 5.73 Å². The summed E-state index contributed by atoms with van der Waals surface area (Å²) in [6.45, 7) is 6.51. The number of carbonyl (C=O) groups excluding carboxylic acids is 1. The number of thioether (sulfide) groups is 1. The molecular formula is C14H23N3OS. The molecule has 1 rings (SSSR count). The molecular weight excluding hydrogens is 258 g/mol. The fraction of sp³-hybridized carbons (Fsp3) is 0.500. The van der Waals surface area contributed by atoms with E-state index in [1.165, 1.54) is 5.56 Å². The molecule has 106 valence electrons. The van der Waals surface area contributed by atoms with Crippen LogP contribution in [0.5, 0.6) is 0 Å².